The average molecular weight is 302 g/mol. The Morgan fingerprint density at radius 2 is 1.52 bits per heavy atom. The molecule has 0 aromatic carbocycles. The van der Waals surface area contributed by atoms with E-state index >= 15 is 0 Å². The summed E-state index contributed by atoms with van der Waals surface area (Å²) in [6.45, 7) is 17.0. The van der Waals surface area contributed by atoms with E-state index in [2.05, 4.69) is 13.8 Å². The van der Waals surface area contributed by atoms with Crippen molar-refractivity contribution in [2.24, 2.45) is 11.3 Å². The second-order valence-corrected chi connectivity index (χ2v) is 8.93. The molecule has 0 saturated heterocycles. The molecule has 1 fully saturated rings. The molecule has 0 bridgehead atoms. The van der Waals surface area contributed by atoms with E-state index in [1.807, 2.05) is 41.5 Å². The summed E-state index contributed by atoms with van der Waals surface area (Å²) >= 11 is 0. The molecule has 0 aromatic heterocycles. The maximum Gasteiger partial charge on any atom is 0.0952 e. The first-order valence-electron chi connectivity index (χ1n) is 8.04. The Balaban J connectivity index is 2.49. The normalized spacial score (nSPS) is 31.4. The molecule has 0 radical (unpaired) electrons. The average Bonchev–Trinajstić information content (AvgIpc) is 2.22. The Bertz CT molecular complexity index is 316. The first kappa shape index (κ1) is 18.9. The molecule has 0 N–H and O–H groups in total. The third-order valence-corrected chi connectivity index (χ3v) is 3.38. The van der Waals surface area contributed by atoms with Crippen LogP contribution in [0.25, 0.3) is 0 Å². The van der Waals surface area contributed by atoms with Crippen molar-refractivity contribution in [1.29, 1.82) is 0 Å². The highest BCUT2D eigenvalue weighted by atomic mass is 17.2. The number of rotatable bonds is 5. The molecule has 1 aliphatic rings. The molecule has 3 atom stereocenters. The molecule has 1 rings (SSSR count). The molecule has 1 aliphatic carbocycles. The summed E-state index contributed by atoms with van der Waals surface area (Å²) < 4.78 is 0. The highest BCUT2D eigenvalue weighted by Crippen LogP contribution is 2.41. The topological polar surface area (TPSA) is 36.9 Å². The van der Waals surface area contributed by atoms with Crippen molar-refractivity contribution in [2.45, 2.75) is 92.0 Å². The Hall–Kier alpha value is -0.160. The Labute approximate surface area is 130 Å². The first-order chi connectivity index (χ1) is 9.39. The molecule has 1 saturated carbocycles. The lowest BCUT2D eigenvalue weighted by Crippen LogP contribution is -2.39. The van der Waals surface area contributed by atoms with E-state index in [9.17, 15) is 0 Å². The van der Waals surface area contributed by atoms with Gasteiger partial charge in [-0.1, -0.05) is 13.8 Å². The summed E-state index contributed by atoms with van der Waals surface area (Å²) in [7, 11) is 0. The molecule has 126 valence electrons. The predicted octanol–water partition coefficient (Wildman–Crippen LogP) is 4.67. The fraction of sp³-hybridized carbons (Fsp3) is 1.00. The van der Waals surface area contributed by atoms with Crippen molar-refractivity contribution in [3.8, 4) is 0 Å². The minimum absolute atomic E-state index is 0.0643. The van der Waals surface area contributed by atoms with E-state index in [1.54, 1.807) is 0 Å². The van der Waals surface area contributed by atoms with Gasteiger partial charge < -0.3 is 0 Å². The highest BCUT2D eigenvalue weighted by Gasteiger charge is 2.38. The molecule has 4 heteroatoms. The van der Waals surface area contributed by atoms with Crippen LogP contribution in [0.1, 0.15) is 74.7 Å². The third-order valence-electron chi connectivity index (χ3n) is 3.38. The van der Waals surface area contributed by atoms with Gasteiger partial charge in [-0.05, 0) is 72.1 Å². The second-order valence-electron chi connectivity index (χ2n) is 8.93. The van der Waals surface area contributed by atoms with Crippen LogP contribution in [0.15, 0.2) is 0 Å². The van der Waals surface area contributed by atoms with Crippen LogP contribution in [0.4, 0.5) is 0 Å². The van der Waals surface area contributed by atoms with E-state index in [0.29, 0.717) is 12.5 Å². The van der Waals surface area contributed by atoms with Gasteiger partial charge in [-0.25, -0.2) is 19.6 Å². The summed E-state index contributed by atoms with van der Waals surface area (Å²) in [6.07, 6.45) is 3.21. The minimum atomic E-state index is -0.276. The predicted molar refractivity (Wildman–Crippen MR) is 83.6 cm³/mol. The van der Waals surface area contributed by atoms with E-state index in [-0.39, 0.29) is 22.7 Å². The van der Waals surface area contributed by atoms with Gasteiger partial charge in [0.25, 0.3) is 0 Å². The zero-order valence-corrected chi connectivity index (χ0v) is 15.1. The van der Waals surface area contributed by atoms with Crippen molar-refractivity contribution in [3.05, 3.63) is 0 Å². The van der Waals surface area contributed by atoms with Gasteiger partial charge in [0.1, 0.15) is 0 Å². The van der Waals surface area contributed by atoms with Gasteiger partial charge in [0, 0.05) is 0 Å². The maximum atomic E-state index is 5.66. The van der Waals surface area contributed by atoms with E-state index in [0.717, 1.165) is 19.3 Å². The summed E-state index contributed by atoms with van der Waals surface area (Å²) in [5, 5.41) is 0. The van der Waals surface area contributed by atoms with Crippen molar-refractivity contribution in [1.82, 2.24) is 0 Å². The van der Waals surface area contributed by atoms with Crippen molar-refractivity contribution < 1.29 is 19.6 Å². The Morgan fingerprint density at radius 1 is 0.952 bits per heavy atom. The SMILES string of the molecule is CC1CC(OOC(C)(C)C)CC(C)(COOC(C)(C)C)C1. The van der Waals surface area contributed by atoms with Crippen molar-refractivity contribution in [2.75, 3.05) is 6.61 Å². The quantitative estimate of drug-likeness (QED) is 0.546. The summed E-state index contributed by atoms with van der Waals surface area (Å²) in [4.78, 5) is 22.1. The lowest BCUT2D eigenvalue weighted by Gasteiger charge is -2.40. The van der Waals surface area contributed by atoms with Crippen LogP contribution in [0.3, 0.4) is 0 Å². The zero-order valence-electron chi connectivity index (χ0n) is 15.1. The van der Waals surface area contributed by atoms with Crippen LogP contribution >= 0.6 is 0 Å². The van der Waals surface area contributed by atoms with Crippen LogP contribution in [-0.4, -0.2) is 23.9 Å². The Kier molecular flexibility index (Phi) is 6.25. The first-order valence-corrected chi connectivity index (χ1v) is 8.04. The molecular weight excluding hydrogens is 268 g/mol. The van der Waals surface area contributed by atoms with Crippen LogP contribution in [0.5, 0.6) is 0 Å². The molecule has 4 nitrogen and oxygen atoms in total. The molecule has 0 aromatic rings. The standard InChI is InChI=1S/C17H34O4/c1-13-9-14(19-21-16(5,6)7)11-17(8,10-13)12-18-20-15(2,3)4/h13-14H,9-12H2,1-8H3. The summed E-state index contributed by atoms with van der Waals surface area (Å²) in [6, 6.07) is 0. The summed E-state index contributed by atoms with van der Waals surface area (Å²) in [5.74, 6) is 0.593. The van der Waals surface area contributed by atoms with Gasteiger partial charge in [-0.2, -0.15) is 0 Å². The van der Waals surface area contributed by atoms with E-state index < -0.39 is 0 Å². The van der Waals surface area contributed by atoms with Gasteiger partial charge in [-0.3, -0.25) is 0 Å². The molecule has 0 spiro atoms. The Morgan fingerprint density at radius 3 is 2.05 bits per heavy atom. The van der Waals surface area contributed by atoms with Crippen molar-refractivity contribution in [3.63, 3.8) is 0 Å². The lowest BCUT2D eigenvalue weighted by molar-refractivity contribution is -0.389. The molecule has 0 amide bonds. The number of hydrogen-bond acceptors (Lipinski definition) is 4. The van der Waals surface area contributed by atoms with Gasteiger partial charge in [-0.15, -0.1) is 0 Å². The maximum absolute atomic E-state index is 5.66. The van der Waals surface area contributed by atoms with Crippen LogP contribution in [0.2, 0.25) is 0 Å². The molecule has 3 unspecified atom stereocenters. The minimum Gasteiger partial charge on any atom is -0.236 e. The molecule has 21 heavy (non-hydrogen) atoms. The fourth-order valence-electron chi connectivity index (χ4n) is 2.84. The van der Waals surface area contributed by atoms with Gasteiger partial charge in [0.05, 0.1) is 23.9 Å². The van der Waals surface area contributed by atoms with E-state index in [4.69, 9.17) is 19.6 Å². The van der Waals surface area contributed by atoms with Gasteiger partial charge in [0.15, 0.2) is 0 Å². The highest BCUT2D eigenvalue weighted by molar-refractivity contribution is 4.86. The molecule has 0 heterocycles. The second kappa shape index (κ2) is 6.95. The number of hydrogen-bond donors (Lipinski definition) is 0. The van der Waals surface area contributed by atoms with Crippen molar-refractivity contribution >= 4 is 0 Å². The largest absolute Gasteiger partial charge is 0.236 e. The lowest BCUT2D eigenvalue weighted by atomic mass is 9.71. The fourth-order valence-corrected chi connectivity index (χ4v) is 2.84. The third kappa shape index (κ3) is 8.15. The smallest absolute Gasteiger partial charge is 0.0952 e. The van der Waals surface area contributed by atoms with Crippen LogP contribution in [-0.2, 0) is 19.6 Å². The van der Waals surface area contributed by atoms with Gasteiger partial charge in [0.2, 0.25) is 0 Å². The van der Waals surface area contributed by atoms with Crippen LogP contribution in [0, 0.1) is 11.3 Å². The molecule has 0 aliphatic heterocycles. The molecular formula is C17H34O4. The van der Waals surface area contributed by atoms with E-state index in [1.165, 1.54) is 0 Å². The zero-order chi connectivity index (χ0) is 16.3. The monoisotopic (exact) mass is 302 g/mol. The van der Waals surface area contributed by atoms with Crippen LogP contribution < -0.4 is 0 Å². The van der Waals surface area contributed by atoms with Gasteiger partial charge >= 0.3 is 0 Å². The summed E-state index contributed by atoms with van der Waals surface area (Å²) in [5.41, 5.74) is -0.486.